The Kier molecular flexibility index (Phi) is 7.77. The van der Waals surface area contributed by atoms with Gasteiger partial charge in [-0.15, -0.1) is 0 Å². The largest absolute Gasteiger partial charge is 0.373 e. The Bertz CT molecular complexity index is 1270. The van der Waals surface area contributed by atoms with Gasteiger partial charge in [0, 0.05) is 50.4 Å². The zero-order valence-corrected chi connectivity index (χ0v) is 21.5. The topological polar surface area (TPSA) is 53.1 Å². The zero-order chi connectivity index (χ0) is 25.1. The molecule has 0 aliphatic carbocycles. The summed E-state index contributed by atoms with van der Waals surface area (Å²) in [7, 11) is 0. The van der Waals surface area contributed by atoms with Crippen LogP contribution in [0.4, 0.5) is 0 Å². The molecular weight excluding hydrogens is 497 g/mol. The number of halogens is 2. The molecule has 36 heavy (non-hydrogen) atoms. The number of fused-ring (bicyclic) bond motifs is 1. The third-order valence-electron chi connectivity index (χ3n) is 6.93. The van der Waals surface area contributed by atoms with Crippen molar-refractivity contribution in [3.63, 3.8) is 0 Å². The van der Waals surface area contributed by atoms with Crippen LogP contribution in [0.25, 0.3) is 10.8 Å². The molecule has 2 aliphatic rings. The van der Waals surface area contributed by atoms with Gasteiger partial charge in [0.2, 0.25) is 0 Å². The van der Waals surface area contributed by atoms with Crippen LogP contribution < -0.4 is 0 Å². The van der Waals surface area contributed by atoms with Crippen LogP contribution in [0.2, 0.25) is 10.0 Å². The molecular formula is C28H29Cl2N3O3. The van der Waals surface area contributed by atoms with Crippen molar-refractivity contribution in [1.29, 1.82) is 0 Å². The van der Waals surface area contributed by atoms with Crippen molar-refractivity contribution in [2.45, 2.75) is 12.5 Å². The molecule has 3 aromatic carbocycles. The van der Waals surface area contributed by atoms with Crippen LogP contribution in [0.5, 0.6) is 0 Å². The summed E-state index contributed by atoms with van der Waals surface area (Å²) < 4.78 is 6.00. The van der Waals surface area contributed by atoms with E-state index in [-0.39, 0.29) is 17.9 Å². The predicted molar refractivity (Wildman–Crippen MR) is 143 cm³/mol. The number of ether oxygens (including phenoxy) is 1. The van der Waals surface area contributed by atoms with Crippen LogP contribution in [0, 0.1) is 0 Å². The summed E-state index contributed by atoms with van der Waals surface area (Å²) in [5.41, 5.74) is 1.26. The van der Waals surface area contributed by atoms with Gasteiger partial charge in [0.25, 0.3) is 11.8 Å². The molecule has 8 heteroatoms. The third-order valence-corrected chi connectivity index (χ3v) is 7.67. The number of nitrogens with zero attached hydrogens (tertiary/aromatic N) is 3. The summed E-state index contributed by atoms with van der Waals surface area (Å²) in [6.45, 7) is 5.36. The Morgan fingerprint density at radius 3 is 2.36 bits per heavy atom. The van der Waals surface area contributed by atoms with Gasteiger partial charge >= 0.3 is 0 Å². The maximum atomic E-state index is 13.2. The van der Waals surface area contributed by atoms with E-state index in [0.717, 1.165) is 48.9 Å². The number of benzene rings is 3. The Morgan fingerprint density at radius 2 is 1.53 bits per heavy atom. The van der Waals surface area contributed by atoms with Crippen molar-refractivity contribution in [3.8, 4) is 0 Å². The van der Waals surface area contributed by atoms with Gasteiger partial charge in [-0.1, -0.05) is 53.5 Å². The molecule has 0 bridgehead atoms. The number of hydrogen-bond acceptors (Lipinski definition) is 4. The molecule has 188 valence electrons. The Labute approximate surface area is 221 Å². The molecule has 0 saturated carbocycles. The lowest BCUT2D eigenvalue weighted by Crippen LogP contribution is -2.50. The van der Waals surface area contributed by atoms with Gasteiger partial charge < -0.3 is 14.5 Å². The lowest BCUT2D eigenvalue weighted by atomic mass is 10.1. The molecule has 0 radical (unpaired) electrons. The van der Waals surface area contributed by atoms with E-state index < -0.39 is 0 Å². The Balaban J connectivity index is 1.17. The van der Waals surface area contributed by atoms with Crippen LogP contribution in [0.15, 0.2) is 60.7 Å². The number of amides is 2. The molecule has 3 aromatic rings. The quantitative estimate of drug-likeness (QED) is 0.489. The summed E-state index contributed by atoms with van der Waals surface area (Å²) in [5, 5.41) is 3.02. The highest BCUT2D eigenvalue weighted by atomic mass is 35.5. The van der Waals surface area contributed by atoms with Gasteiger partial charge in [-0.3, -0.25) is 14.5 Å². The molecule has 0 aromatic heterocycles. The van der Waals surface area contributed by atoms with E-state index in [9.17, 15) is 9.59 Å². The van der Waals surface area contributed by atoms with E-state index in [2.05, 4.69) is 11.0 Å². The number of rotatable bonds is 4. The van der Waals surface area contributed by atoms with Gasteiger partial charge in [-0.2, -0.15) is 0 Å². The van der Waals surface area contributed by atoms with Crippen molar-refractivity contribution in [2.75, 3.05) is 52.4 Å². The van der Waals surface area contributed by atoms with E-state index in [4.69, 9.17) is 27.9 Å². The molecule has 2 saturated heterocycles. The van der Waals surface area contributed by atoms with Gasteiger partial charge in [0.05, 0.1) is 22.8 Å². The van der Waals surface area contributed by atoms with E-state index in [0.29, 0.717) is 41.8 Å². The van der Waals surface area contributed by atoms with Gasteiger partial charge in [0.15, 0.2) is 0 Å². The van der Waals surface area contributed by atoms with Crippen LogP contribution in [-0.2, 0) is 4.74 Å². The fraction of sp³-hybridized carbons (Fsp3) is 0.357. The molecule has 0 N–H and O–H groups in total. The molecule has 1 unspecified atom stereocenters. The number of morpholine rings is 1. The van der Waals surface area contributed by atoms with E-state index in [1.807, 2.05) is 46.2 Å². The zero-order valence-electron chi connectivity index (χ0n) is 20.0. The highest BCUT2D eigenvalue weighted by Crippen LogP contribution is 2.24. The lowest BCUT2D eigenvalue weighted by Gasteiger charge is -2.35. The van der Waals surface area contributed by atoms with Crippen molar-refractivity contribution < 1.29 is 14.3 Å². The van der Waals surface area contributed by atoms with Crippen LogP contribution in [0.3, 0.4) is 0 Å². The third kappa shape index (κ3) is 5.68. The van der Waals surface area contributed by atoms with Crippen LogP contribution >= 0.6 is 23.2 Å². The first-order chi connectivity index (χ1) is 17.5. The second kappa shape index (κ2) is 11.2. The first-order valence-electron chi connectivity index (χ1n) is 12.3. The standard InChI is InChI=1S/C28H29Cl2N3O3/c29-25-9-8-23(17-26(25)30)28(35)33-14-15-36-24(19-33)18-31-10-3-11-32(13-12-31)27(34)22-7-6-20-4-1-2-5-21(20)16-22/h1-2,4-9,16-17,24H,3,10-15,18-19H2. The highest BCUT2D eigenvalue weighted by Gasteiger charge is 2.28. The first kappa shape index (κ1) is 25.0. The second-order valence-corrected chi connectivity index (χ2v) is 10.2. The number of carbonyl (C=O) groups is 2. The fourth-order valence-corrected chi connectivity index (χ4v) is 5.27. The summed E-state index contributed by atoms with van der Waals surface area (Å²) in [6, 6.07) is 19.0. The number of hydrogen-bond donors (Lipinski definition) is 0. The molecule has 6 nitrogen and oxygen atoms in total. The maximum absolute atomic E-state index is 13.2. The molecule has 2 amide bonds. The van der Waals surface area contributed by atoms with E-state index in [1.165, 1.54) is 0 Å². The summed E-state index contributed by atoms with van der Waals surface area (Å²) in [4.78, 5) is 32.3. The van der Waals surface area contributed by atoms with E-state index in [1.54, 1.807) is 18.2 Å². The fourth-order valence-electron chi connectivity index (χ4n) is 4.98. The maximum Gasteiger partial charge on any atom is 0.254 e. The van der Waals surface area contributed by atoms with Crippen molar-refractivity contribution in [3.05, 3.63) is 81.8 Å². The van der Waals surface area contributed by atoms with Crippen LogP contribution in [0.1, 0.15) is 27.1 Å². The molecule has 2 aliphatic heterocycles. The summed E-state index contributed by atoms with van der Waals surface area (Å²) in [6.07, 6.45) is 0.825. The molecule has 2 fully saturated rings. The normalized spacial score (nSPS) is 19.3. The predicted octanol–water partition coefficient (Wildman–Crippen LogP) is 4.84. The smallest absolute Gasteiger partial charge is 0.254 e. The molecule has 2 heterocycles. The van der Waals surface area contributed by atoms with Gasteiger partial charge in [-0.25, -0.2) is 0 Å². The van der Waals surface area contributed by atoms with Crippen LogP contribution in [-0.4, -0.2) is 85.0 Å². The highest BCUT2D eigenvalue weighted by molar-refractivity contribution is 6.42. The average Bonchev–Trinajstić information content (AvgIpc) is 3.15. The first-order valence-corrected chi connectivity index (χ1v) is 13.1. The van der Waals surface area contributed by atoms with Crippen molar-refractivity contribution >= 4 is 45.8 Å². The minimum absolute atomic E-state index is 0.0649. The summed E-state index contributed by atoms with van der Waals surface area (Å²) in [5.74, 6) is 0.0137. The SMILES string of the molecule is O=C(c1ccc2ccccc2c1)N1CCCN(CC2CN(C(=O)c3ccc(Cl)c(Cl)c3)CCO2)CC1. The monoisotopic (exact) mass is 525 g/mol. The summed E-state index contributed by atoms with van der Waals surface area (Å²) >= 11 is 12.1. The van der Waals surface area contributed by atoms with Gasteiger partial charge in [0.1, 0.15) is 0 Å². The lowest BCUT2D eigenvalue weighted by molar-refractivity contribution is -0.0353. The minimum atomic E-state index is -0.0757. The van der Waals surface area contributed by atoms with Crippen molar-refractivity contribution in [1.82, 2.24) is 14.7 Å². The molecule has 1 atom stereocenters. The van der Waals surface area contributed by atoms with E-state index >= 15 is 0 Å². The molecule has 0 spiro atoms. The van der Waals surface area contributed by atoms with Crippen molar-refractivity contribution in [2.24, 2.45) is 0 Å². The number of carbonyl (C=O) groups excluding carboxylic acids is 2. The molecule has 5 rings (SSSR count). The second-order valence-electron chi connectivity index (χ2n) is 9.38. The Morgan fingerprint density at radius 1 is 0.778 bits per heavy atom. The average molecular weight is 526 g/mol. The van der Waals surface area contributed by atoms with Gasteiger partial charge in [-0.05, 0) is 54.1 Å². The minimum Gasteiger partial charge on any atom is -0.373 e. The Hall–Kier alpha value is -2.64.